The molecule has 3 aliphatic heterocycles. The number of hydrogen-bond donors (Lipinski definition) is 0. The third kappa shape index (κ3) is 3.48. The molecule has 6 heteroatoms. The summed E-state index contributed by atoms with van der Waals surface area (Å²) in [5.74, 6) is 0.431. The summed E-state index contributed by atoms with van der Waals surface area (Å²) in [6.07, 6.45) is 5.51. The number of amides is 2. The van der Waals surface area contributed by atoms with Crippen LogP contribution in [0.25, 0.3) is 0 Å². The van der Waals surface area contributed by atoms with Crippen molar-refractivity contribution < 1.29 is 9.59 Å². The molecule has 1 aromatic heterocycles. The highest BCUT2D eigenvalue weighted by molar-refractivity contribution is 5.95. The Morgan fingerprint density at radius 1 is 1.00 bits per heavy atom. The lowest BCUT2D eigenvalue weighted by Crippen LogP contribution is -2.47. The Bertz CT molecular complexity index is 830. The molecule has 2 aromatic rings. The number of rotatable bonds is 3. The molecule has 0 unspecified atom stereocenters. The molecule has 2 bridgehead atoms. The second-order valence-electron chi connectivity index (χ2n) is 7.93. The normalized spacial score (nSPS) is 22.2. The zero-order valence-electron chi connectivity index (χ0n) is 15.9. The SMILES string of the molecule is CC(C)n1cc(C(=O)N2C[C@H]3CC[C@@H]2CN(C(=O)c2ccccc2)C3)cn1. The highest BCUT2D eigenvalue weighted by Crippen LogP contribution is 2.30. The quantitative estimate of drug-likeness (QED) is 0.839. The Balaban J connectivity index is 1.52. The van der Waals surface area contributed by atoms with E-state index in [1.54, 1.807) is 6.20 Å². The van der Waals surface area contributed by atoms with E-state index in [1.807, 2.05) is 64.9 Å². The summed E-state index contributed by atoms with van der Waals surface area (Å²) in [5.41, 5.74) is 1.35. The van der Waals surface area contributed by atoms with Crippen LogP contribution in [0.5, 0.6) is 0 Å². The molecule has 6 nitrogen and oxygen atoms in total. The molecular weight excluding hydrogens is 340 g/mol. The van der Waals surface area contributed by atoms with Crippen molar-refractivity contribution in [3.63, 3.8) is 0 Å². The fourth-order valence-electron chi connectivity index (χ4n) is 4.16. The molecule has 3 fully saturated rings. The maximum Gasteiger partial charge on any atom is 0.257 e. The molecule has 0 saturated carbocycles. The predicted molar refractivity (Wildman–Crippen MR) is 103 cm³/mol. The van der Waals surface area contributed by atoms with E-state index < -0.39 is 0 Å². The van der Waals surface area contributed by atoms with Crippen molar-refractivity contribution in [1.82, 2.24) is 19.6 Å². The highest BCUT2D eigenvalue weighted by Gasteiger charge is 2.39. The molecule has 3 aliphatic rings. The number of piperidine rings is 1. The molecule has 27 heavy (non-hydrogen) atoms. The topological polar surface area (TPSA) is 58.4 Å². The third-order valence-corrected chi connectivity index (χ3v) is 5.66. The van der Waals surface area contributed by atoms with E-state index in [1.165, 1.54) is 0 Å². The second kappa shape index (κ2) is 7.18. The van der Waals surface area contributed by atoms with Crippen LogP contribution in [-0.4, -0.2) is 57.1 Å². The van der Waals surface area contributed by atoms with Gasteiger partial charge in [0.2, 0.25) is 0 Å². The number of hydrogen-bond acceptors (Lipinski definition) is 3. The van der Waals surface area contributed by atoms with Crippen molar-refractivity contribution in [2.24, 2.45) is 5.92 Å². The minimum atomic E-state index is 0.0330. The first-order valence-electron chi connectivity index (χ1n) is 9.72. The van der Waals surface area contributed by atoms with Crippen LogP contribution >= 0.6 is 0 Å². The van der Waals surface area contributed by atoms with Crippen molar-refractivity contribution in [3.05, 3.63) is 53.9 Å². The Hall–Kier alpha value is -2.63. The van der Waals surface area contributed by atoms with E-state index in [-0.39, 0.29) is 23.9 Å². The van der Waals surface area contributed by atoms with Gasteiger partial charge in [-0.1, -0.05) is 18.2 Å². The third-order valence-electron chi connectivity index (χ3n) is 5.66. The van der Waals surface area contributed by atoms with Gasteiger partial charge in [-0.2, -0.15) is 5.10 Å². The minimum Gasteiger partial charge on any atom is -0.336 e. The molecule has 142 valence electrons. The van der Waals surface area contributed by atoms with Crippen LogP contribution in [0.1, 0.15) is 53.4 Å². The molecule has 5 rings (SSSR count). The fourth-order valence-corrected chi connectivity index (χ4v) is 4.16. The number of carbonyl (C=O) groups excluding carboxylic acids is 2. The maximum absolute atomic E-state index is 13.1. The van der Waals surface area contributed by atoms with Crippen LogP contribution in [0.3, 0.4) is 0 Å². The van der Waals surface area contributed by atoms with Crippen LogP contribution in [0.15, 0.2) is 42.7 Å². The van der Waals surface area contributed by atoms with Crippen molar-refractivity contribution in [3.8, 4) is 0 Å². The summed E-state index contributed by atoms with van der Waals surface area (Å²) in [5, 5.41) is 4.30. The Morgan fingerprint density at radius 2 is 1.78 bits per heavy atom. The first kappa shape index (κ1) is 17.8. The van der Waals surface area contributed by atoms with Gasteiger partial charge in [-0.3, -0.25) is 14.3 Å². The van der Waals surface area contributed by atoms with Crippen molar-refractivity contribution >= 4 is 11.8 Å². The first-order chi connectivity index (χ1) is 13.0. The number of aromatic nitrogens is 2. The summed E-state index contributed by atoms with van der Waals surface area (Å²) in [6.45, 7) is 6.13. The largest absolute Gasteiger partial charge is 0.336 e. The van der Waals surface area contributed by atoms with E-state index >= 15 is 0 Å². The van der Waals surface area contributed by atoms with Gasteiger partial charge in [-0.05, 0) is 44.7 Å². The lowest BCUT2D eigenvalue weighted by molar-refractivity contribution is 0.0574. The molecule has 0 N–H and O–H groups in total. The van der Waals surface area contributed by atoms with Gasteiger partial charge >= 0.3 is 0 Å². The van der Waals surface area contributed by atoms with Gasteiger partial charge in [0.1, 0.15) is 0 Å². The summed E-state index contributed by atoms with van der Waals surface area (Å²) >= 11 is 0. The Labute approximate surface area is 159 Å². The van der Waals surface area contributed by atoms with Crippen LogP contribution in [0.4, 0.5) is 0 Å². The molecular formula is C21H26N4O2. The zero-order chi connectivity index (χ0) is 19.0. The van der Waals surface area contributed by atoms with Gasteiger partial charge in [0.25, 0.3) is 11.8 Å². The molecule has 0 spiro atoms. The van der Waals surface area contributed by atoms with Gasteiger partial charge in [0.05, 0.1) is 11.8 Å². The van der Waals surface area contributed by atoms with Crippen molar-refractivity contribution in [2.75, 3.05) is 19.6 Å². The van der Waals surface area contributed by atoms with E-state index in [0.29, 0.717) is 18.0 Å². The molecule has 4 heterocycles. The van der Waals surface area contributed by atoms with Gasteiger partial charge < -0.3 is 9.80 Å². The summed E-state index contributed by atoms with van der Waals surface area (Å²) in [7, 11) is 0. The van der Waals surface area contributed by atoms with Crippen LogP contribution in [0, 0.1) is 5.92 Å². The predicted octanol–water partition coefficient (Wildman–Crippen LogP) is 2.84. The van der Waals surface area contributed by atoms with Crippen LogP contribution in [-0.2, 0) is 0 Å². The molecule has 0 aliphatic carbocycles. The average molecular weight is 366 g/mol. The molecule has 1 aromatic carbocycles. The Morgan fingerprint density at radius 3 is 2.48 bits per heavy atom. The molecule has 2 amide bonds. The second-order valence-corrected chi connectivity index (χ2v) is 7.93. The Kier molecular flexibility index (Phi) is 4.72. The van der Waals surface area contributed by atoms with Crippen molar-refractivity contribution in [2.45, 2.75) is 38.8 Å². The average Bonchev–Trinajstić information content (AvgIpc) is 3.01. The summed E-state index contributed by atoms with van der Waals surface area (Å²) in [6, 6.07) is 9.72. The monoisotopic (exact) mass is 366 g/mol. The lowest BCUT2D eigenvalue weighted by atomic mass is 9.94. The molecule has 3 saturated heterocycles. The number of nitrogens with zero attached hydrogens (tertiary/aromatic N) is 4. The van der Waals surface area contributed by atoms with Crippen LogP contribution in [0.2, 0.25) is 0 Å². The fraction of sp³-hybridized carbons (Fsp3) is 0.476. The summed E-state index contributed by atoms with van der Waals surface area (Å²) < 4.78 is 1.81. The van der Waals surface area contributed by atoms with Gasteiger partial charge in [-0.25, -0.2) is 0 Å². The number of benzene rings is 1. The lowest BCUT2D eigenvalue weighted by Gasteiger charge is -2.35. The maximum atomic E-state index is 13.1. The van der Waals surface area contributed by atoms with Gasteiger partial charge in [-0.15, -0.1) is 0 Å². The van der Waals surface area contributed by atoms with E-state index in [0.717, 1.165) is 31.5 Å². The van der Waals surface area contributed by atoms with Crippen molar-refractivity contribution in [1.29, 1.82) is 0 Å². The first-order valence-corrected chi connectivity index (χ1v) is 9.72. The standard InChI is InChI=1S/C21H26N4O2/c1-15(2)25-13-18(10-22-25)21(27)24-12-16-8-9-19(24)14-23(11-16)20(26)17-6-4-3-5-7-17/h3-7,10,13,15-16,19H,8-9,11-12,14H2,1-2H3/t16-,19+/m0/s1. The smallest absolute Gasteiger partial charge is 0.257 e. The minimum absolute atomic E-state index is 0.0330. The van der Waals surface area contributed by atoms with Crippen LogP contribution < -0.4 is 0 Å². The highest BCUT2D eigenvalue weighted by atomic mass is 16.2. The molecule has 0 radical (unpaired) electrons. The van der Waals surface area contributed by atoms with Gasteiger partial charge in [0.15, 0.2) is 0 Å². The van der Waals surface area contributed by atoms with E-state index in [2.05, 4.69) is 5.10 Å². The van der Waals surface area contributed by atoms with E-state index in [4.69, 9.17) is 0 Å². The zero-order valence-corrected chi connectivity index (χ0v) is 15.9. The molecule has 2 atom stereocenters. The number of fused-ring (bicyclic) bond motifs is 4. The van der Waals surface area contributed by atoms with Gasteiger partial charge in [0, 0.05) is 43.5 Å². The summed E-state index contributed by atoms with van der Waals surface area (Å²) in [4.78, 5) is 29.9. The van der Waals surface area contributed by atoms with E-state index in [9.17, 15) is 9.59 Å². The number of carbonyl (C=O) groups is 2.